The van der Waals surface area contributed by atoms with Crippen molar-refractivity contribution in [3.8, 4) is 5.75 Å². The van der Waals surface area contributed by atoms with Gasteiger partial charge in [-0.15, -0.1) is 11.8 Å². The Bertz CT molecular complexity index is 821. The number of anilines is 1. The Morgan fingerprint density at radius 1 is 1.19 bits per heavy atom. The predicted molar refractivity (Wildman–Crippen MR) is 114 cm³/mol. The Morgan fingerprint density at radius 2 is 1.93 bits per heavy atom. The third-order valence-electron chi connectivity index (χ3n) is 4.39. The fraction of sp³-hybridized carbons (Fsp3) is 0.381. The molecule has 0 unspecified atom stereocenters. The summed E-state index contributed by atoms with van der Waals surface area (Å²) in [6.07, 6.45) is 1.64. The third kappa shape index (κ3) is 5.20. The van der Waals surface area contributed by atoms with E-state index in [-0.39, 0.29) is 0 Å². The lowest BCUT2D eigenvalue weighted by atomic mass is 9.94. The van der Waals surface area contributed by atoms with Crippen molar-refractivity contribution in [2.75, 3.05) is 17.7 Å². The summed E-state index contributed by atoms with van der Waals surface area (Å²) in [7, 11) is 0. The first kappa shape index (κ1) is 20.1. The van der Waals surface area contributed by atoms with E-state index in [1.807, 2.05) is 37.7 Å². The molecule has 0 fully saturated rings. The minimum atomic E-state index is -0.679. The smallest absolute Gasteiger partial charge is 0.412 e. The molecule has 0 spiro atoms. The average molecular weight is 450 g/mol. The monoisotopic (exact) mass is 449 g/mol. The number of rotatable bonds is 7. The number of carbonyl (C=O) groups excluding carboxylic acids is 1. The van der Waals surface area contributed by atoms with Gasteiger partial charge in [-0.25, -0.2) is 4.79 Å². The van der Waals surface area contributed by atoms with Crippen molar-refractivity contribution >= 4 is 39.5 Å². The Labute approximate surface area is 173 Å². The Balaban J connectivity index is 1.50. The van der Waals surface area contributed by atoms with Gasteiger partial charge in [0.15, 0.2) is 0 Å². The van der Waals surface area contributed by atoms with Gasteiger partial charge in [-0.2, -0.15) is 0 Å². The molecule has 0 aliphatic carbocycles. The van der Waals surface area contributed by atoms with Crippen molar-refractivity contribution in [1.82, 2.24) is 0 Å². The molecule has 1 N–H and O–H groups in total. The van der Waals surface area contributed by atoms with E-state index in [4.69, 9.17) is 9.47 Å². The van der Waals surface area contributed by atoms with Crippen LogP contribution in [-0.4, -0.2) is 18.5 Å². The molecule has 1 heterocycles. The molecule has 2 aromatic rings. The minimum Gasteiger partial charge on any atom is -0.492 e. The van der Waals surface area contributed by atoms with Crippen LogP contribution >= 0.6 is 27.7 Å². The summed E-state index contributed by atoms with van der Waals surface area (Å²) in [5, 5.41) is 2.74. The van der Waals surface area contributed by atoms with E-state index in [9.17, 15) is 4.79 Å². The molecule has 1 amide bonds. The average Bonchev–Trinajstić information content (AvgIpc) is 2.59. The number of benzene rings is 2. The first-order valence-corrected chi connectivity index (χ1v) is 10.8. The normalized spacial score (nSPS) is 14.9. The van der Waals surface area contributed by atoms with Crippen LogP contribution in [0.4, 0.5) is 10.5 Å². The standard InChI is InChI=1S/C21H24BrNO3S/c1-14-6-8-15(9-7-14)27-11-5-4-10-25-19-12-16-18(13-17(19)22)23-20(24)26-21(16,2)3/h6-9,12-13H,4-5,10-11H2,1-3H3,(H,23,24). The molecule has 0 radical (unpaired) electrons. The van der Waals surface area contributed by atoms with Crippen molar-refractivity contribution < 1.29 is 14.3 Å². The summed E-state index contributed by atoms with van der Waals surface area (Å²) in [4.78, 5) is 13.0. The van der Waals surface area contributed by atoms with Gasteiger partial charge in [0, 0.05) is 10.5 Å². The number of halogens is 1. The maximum atomic E-state index is 11.6. The van der Waals surface area contributed by atoms with Gasteiger partial charge >= 0.3 is 6.09 Å². The second-order valence-corrected chi connectivity index (χ2v) is 9.09. The number of ether oxygens (including phenoxy) is 2. The van der Waals surface area contributed by atoms with Gasteiger partial charge in [0.05, 0.1) is 16.8 Å². The van der Waals surface area contributed by atoms with Crippen LogP contribution in [0, 0.1) is 6.92 Å². The van der Waals surface area contributed by atoms with Gasteiger partial charge in [-0.1, -0.05) is 17.7 Å². The van der Waals surface area contributed by atoms with Crippen LogP contribution in [0.1, 0.15) is 37.8 Å². The van der Waals surface area contributed by atoms with Crippen LogP contribution in [0.3, 0.4) is 0 Å². The molecular weight excluding hydrogens is 426 g/mol. The zero-order valence-electron chi connectivity index (χ0n) is 15.8. The Kier molecular flexibility index (Phi) is 6.37. The molecule has 4 nitrogen and oxygen atoms in total. The number of nitrogens with one attached hydrogen (secondary N) is 1. The minimum absolute atomic E-state index is 0.431. The largest absolute Gasteiger partial charge is 0.492 e. The predicted octanol–water partition coefficient (Wildman–Crippen LogP) is 6.51. The van der Waals surface area contributed by atoms with Crippen molar-refractivity contribution in [3.63, 3.8) is 0 Å². The number of cyclic esters (lactones) is 1. The highest BCUT2D eigenvalue weighted by Crippen LogP contribution is 2.41. The number of hydrogen-bond donors (Lipinski definition) is 1. The number of hydrogen-bond acceptors (Lipinski definition) is 4. The second-order valence-electron chi connectivity index (χ2n) is 7.07. The number of aryl methyl sites for hydroxylation is 1. The Morgan fingerprint density at radius 3 is 2.67 bits per heavy atom. The topological polar surface area (TPSA) is 47.6 Å². The van der Waals surface area contributed by atoms with Gasteiger partial charge in [0.25, 0.3) is 0 Å². The third-order valence-corrected chi connectivity index (χ3v) is 6.11. The molecule has 1 aliphatic heterocycles. The number of unbranched alkanes of at least 4 members (excludes halogenated alkanes) is 1. The summed E-state index contributed by atoms with van der Waals surface area (Å²) in [6.45, 7) is 6.51. The summed E-state index contributed by atoms with van der Waals surface area (Å²) >= 11 is 5.41. The van der Waals surface area contributed by atoms with Gasteiger partial charge in [0.2, 0.25) is 0 Å². The number of thioether (sulfide) groups is 1. The molecular formula is C21H24BrNO3S. The van der Waals surface area contributed by atoms with Crippen LogP contribution in [0.5, 0.6) is 5.75 Å². The van der Waals surface area contributed by atoms with E-state index in [0.29, 0.717) is 6.61 Å². The molecule has 1 aliphatic rings. The van der Waals surface area contributed by atoms with Gasteiger partial charge in [0.1, 0.15) is 11.4 Å². The van der Waals surface area contributed by atoms with Crippen molar-refractivity contribution in [2.45, 2.75) is 44.1 Å². The molecule has 0 bridgehead atoms. The molecule has 0 atom stereocenters. The summed E-state index contributed by atoms with van der Waals surface area (Å²) in [5.41, 5.74) is 2.28. The van der Waals surface area contributed by atoms with Crippen molar-refractivity contribution in [3.05, 3.63) is 52.0 Å². The quantitative estimate of drug-likeness (QED) is 0.386. The highest BCUT2D eigenvalue weighted by Gasteiger charge is 2.34. The van der Waals surface area contributed by atoms with Crippen LogP contribution in [0.15, 0.2) is 45.8 Å². The van der Waals surface area contributed by atoms with E-state index < -0.39 is 11.7 Å². The molecule has 2 aromatic carbocycles. The first-order chi connectivity index (χ1) is 12.8. The van der Waals surface area contributed by atoms with Crippen LogP contribution < -0.4 is 10.1 Å². The molecule has 0 saturated carbocycles. The van der Waals surface area contributed by atoms with Crippen molar-refractivity contribution in [2.24, 2.45) is 0 Å². The van der Waals surface area contributed by atoms with E-state index in [1.165, 1.54) is 10.5 Å². The summed E-state index contributed by atoms with van der Waals surface area (Å²) in [5.74, 6) is 1.85. The lowest BCUT2D eigenvalue weighted by molar-refractivity contribution is 0.0418. The second kappa shape index (κ2) is 8.57. The van der Waals surface area contributed by atoms with Crippen LogP contribution in [0.2, 0.25) is 0 Å². The lowest BCUT2D eigenvalue weighted by Gasteiger charge is -2.33. The van der Waals surface area contributed by atoms with Crippen molar-refractivity contribution in [1.29, 1.82) is 0 Å². The number of carbonyl (C=O) groups is 1. The molecule has 0 saturated heterocycles. The molecule has 144 valence electrons. The highest BCUT2D eigenvalue weighted by molar-refractivity contribution is 9.10. The van der Waals surface area contributed by atoms with E-state index in [1.54, 1.807) is 0 Å². The molecule has 27 heavy (non-hydrogen) atoms. The lowest BCUT2D eigenvalue weighted by Crippen LogP contribution is -2.34. The SMILES string of the molecule is Cc1ccc(SCCCCOc2cc3c(cc2Br)NC(=O)OC3(C)C)cc1. The summed E-state index contributed by atoms with van der Waals surface area (Å²) < 4.78 is 12.2. The van der Waals surface area contributed by atoms with E-state index in [0.717, 1.165) is 40.1 Å². The molecule has 3 rings (SSSR count). The molecule has 0 aromatic heterocycles. The zero-order chi connectivity index (χ0) is 19.4. The number of amides is 1. The van der Waals surface area contributed by atoms with Gasteiger partial charge in [-0.05, 0) is 79.6 Å². The zero-order valence-corrected chi connectivity index (χ0v) is 18.2. The number of fused-ring (bicyclic) bond motifs is 1. The Hall–Kier alpha value is -1.66. The van der Waals surface area contributed by atoms with Crippen LogP contribution in [-0.2, 0) is 10.3 Å². The highest BCUT2D eigenvalue weighted by atomic mass is 79.9. The maximum Gasteiger partial charge on any atom is 0.412 e. The summed E-state index contributed by atoms with van der Waals surface area (Å²) in [6, 6.07) is 12.5. The van der Waals surface area contributed by atoms with Crippen LogP contribution in [0.25, 0.3) is 0 Å². The van der Waals surface area contributed by atoms with Gasteiger partial charge < -0.3 is 9.47 Å². The van der Waals surface area contributed by atoms with E-state index in [2.05, 4.69) is 52.4 Å². The molecule has 6 heteroatoms. The fourth-order valence-electron chi connectivity index (χ4n) is 2.90. The van der Waals surface area contributed by atoms with E-state index >= 15 is 0 Å². The maximum absolute atomic E-state index is 11.6. The fourth-order valence-corrected chi connectivity index (χ4v) is 4.27. The first-order valence-electron chi connectivity index (χ1n) is 9.01. The van der Waals surface area contributed by atoms with Gasteiger partial charge in [-0.3, -0.25) is 5.32 Å².